The van der Waals surface area contributed by atoms with Gasteiger partial charge in [-0.3, -0.25) is 14.9 Å². The van der Waals surface area contributed by atoms with E-state index in [2.05, 4.69) is 10.1 Å². The lowest BCUT2D eigenvalue weighted by molar-refractivity contribution is -0.385. The first-order chi connectivity index (χ1) is 13.9. The number of carbonyl (C=O) groups is 3. The summed E-state index contributed by atoms with van der Waals surface area (Å²) >= 11 is 0. The number of nitrogens with one attached hydrogen (secondary N) is 1. The standard InChI is InChI=1S/C20H18N2O7/c1-28-20(25)16-8-6-14(7-9-16)12-21-18(23)13-29-19(24)11-10-15-4-2-3-5-17(15)22(26)27/h2-11H,12-13H2,1H3,(H,21,23)/b11-10+. The number of benzene rings is 2. The topological polar surface area (TPSA) is 125 Å². The second-order valence-electron chi connectivity index (χ2n) is 5.72. The van der Waals surface area contributed by atoms with Crippen LogP contribution in [0.1, 0.15) is 21.5 Å². The van der Waals surface area contributed by atoms with Crippen molar-refractivity contribution in [3.8, 4) is 0 Å². The van der Waals surface area contributed by atoms with Gasteiger partial charge in [-0.25, -0.2) is 9.59 Å². The maximum absolute atomic E-state index is 11.8. The third kappa shape index (κ3) is 6.58. The third-order valence-electron chi connectivity index (χ3n) is 3.74. The number of nitro benzene ring substituents is 1. The second-order valence-corrected chi connectivity index (χ2v) is 5.72. The van der Waals surface area contributed by atoms with E-state index < -0.39 is 29.4 Å². The molecular weight excluding hydrogens is 380 g/mol. The summed E-state index contributed by atoms with van der Waals surface area (Å²) in [6, 6.07) is 12.4. The zero-order valence-corrected chi connectivity index (χ0v) is 15.5. The molecule has 2 rings (SSSR count). The van der Waals surface area contributed by atoms with Crippen LogP contribution in [0.4, 0.5) is 5.69 Å². The summed E-state index contributed by atoms with van der Waals surface area (Å²) in [5.74, 6) is -1.78. The first-order valence-corrected chi connectivity index (χ1v) is 8.43. The number of nitrogens with zero attached hydrogens (tertiary/aromatic N) is 1. The summed E-state index contributed by atoms with van der Waals surface area (Å²) in [6.07, 6.45) is 2.27. The largest absolute Gasteiger partial charge is 0.465 e. The van der Waals surface area contributed by atoms with Gasteiger partial charge in [-0.1, -0.05) is 24.3 Å². The highest BCUT2D eigenvalue weighted by molar-refractivity contribution is 5.90. The van der Waals surface area contributed by atoms with Gasteiger partial charge in [-0.2, -0.15) is 0 Å². The molecule has 2 aromatic rings. The molecule has 1 N–H and O–H groups in total. The van der Waals surface area contributed by atoms with Crippen molar-refractivity contribution in [2.75, 3.05) is 13.7 Å². The number of rotatable bonds is 8. The summed E-state index contributed by atoms with van der Waals surface area (Å²) in [5.41, 5.74) is 1.23. The molecule has 9 heteroatoms. The first kappa shape index (κ1) is 21.3. The second kappa shape index (κ2) is 10.4. The van der Waals surface area contributed by atoms with Gasteiger partial charge in [0.05, 0.1) is 23.2 Å². The Morgan fingerprint density at radius 3 is 2.45 bits per heavy atom. The Morgan fingerprint density at radius 1 is 1.10 bits per heavy atom. The average molecular weight is 398 g/mol. The Hall–Kier alpha value is -4.01. The van der Waals surface area contributed by atoms with Gasteiger partial charge in [-0.05, 0) is 29.8 Å². The minimum Gasteiger partial charge on any atom is -0.465 e. The number of ether oxygens (including phenoxy) is 2. The first-order valence-electron chi connectivity index (χ1n) is 8.43. The van der Waals surface area contributed by atoms with Gasteiger partial charge in [0.2, 0.25) is 0 Å². The fraction of sp³-hybridized carbons (Fsp3) is 0.150. The van der Waals surface area contributed by atoms with E-state index in [0.717, 1.165) is 11.6 Å². The van der Waals surface area contributed by atoms with E-state index >= 15 is 0 Å². The van der Waals surface area contributed by atoms with E-state index in [9.17, 15) is 24.5 Å². The van der Waals surface area contributed by atoms with E-state index in [1.165, 1.54) is 31.4 Å². The Bertz CT molecular complexity index is 936. The van der Waals surface area contributed by atoms with E-state index in [-0.39, 0.29) is 17.8 Å². The van der Waals surface area contributed by atoms with Gasteiger partial charge in [0, 0.05) is 18.7 Å². The predicted octanol–water partition coefficient (Wildman–Crippen LogP) is 2.25. The normalized spacial score (nSPS) is 10.4. The van der Waals surface area contributed by atoms with Crippen molar-refractivity contribution >= 4 is 29.6 Å². The molecule has 0 bridgehead atoms. The van der Waals surface area contributed by atoms with Crippen LogP contribution in [-0.4, -0.2) is 36.5 Å². The maximum Gasteiger partial charge on any atom is 0.337 e. The van der Waals surface area contributed by atoms with Crippen LogP contribution in [0.25, 0.3) is 6.08 Å². The van der Waals surface area contributed by atoms with Crippen molar-refractivity contribution in [1.29, 1.82) is 0 Å². The Labute approximate surface area is 166 Å². The molecule has 0 saturated carbocycles. The zero-order chi connectivity index (χ0) is 21.2. The molecule has 0 unspecified atom stereocenters. The zero-order valence-electron chi connectivity index (χ0n) is 15.5. The summed E-state index contributed by atoms with van der Waals surface area (Å²) in [6.45, 7) is -0.315. The lowest BCUT2D eigenvalue weighted by Gasteiger charge is -2.06. The van der Waals surface area contributed by atoms with Crippen LogP contribution in [-0.2, 0) is 25.6 Å². The highest BCUT2D eigenvalue weighted by atomic mass is 16.6. The van der Waals surface area contributed by atoms with Crippen molar-refractivity contribution < 1.29 is 28.8 Å². The van der Waals surface area contributed by atoms with Gasteiger partial charge >= 0.3 is 11.9 Å². The number of para-hydroxylation sites is 1. The molecule has 29 heavy (non-hydrogen) atoms. The number of amides is 1. The number of esters is 2. The summed E-state index contributed by atoms with van der Waals surface area (Å²) in [4.78, 5) is 45.2. The van der Waals surface area contributed by atoms with Gasteiger partial charge in [-0.15, -0.1) is 0 Å². The van der Waals surface area contributed by atoms with Crippen LogP contribution in [0.3, 0.4) is 0 Å². The molecular formula is C20H18N2O7. The Morgan fingerprint density at radius 2 is 1.79 bits per heavy atom. The van der Waals surface area contributed by atoms with E-state index in [1.807, 2.05) is 0 Å². The molecule has 0 fully saturated rings. The number of methoxy groups -OCH3 is 1. The van der Waals surface area contributed by atoms with Crippen LogP contribution in [0.5, 0.6) is 0 Å². The van der Waals surface area contributed by atoms with Crippen molar-refractivity contribution in [3.63, 3.8) is 0 Å². The molecule has 0 heterocycles. The molecule has 0 atom stereocenters. The Kier molecular flexibility index (Phi) is 7.60. The molecule has 0 aliphatic heterocycles. The highest BCUT2D eigenvalue weighted by Crippen LogP contribution is 2.18. The van der Waals surface area contributed by atoms with Gasteiger partial charge in [0.1, 0.15) is 0 Å². The lowest BCUT2D eigenvalue weighted by Crippen LogP contribution is -2.28. The van der Waals surface area contributed by atoms with Crippen molar-refractivity contribution in [2.24, 2.45) is 0 Å². The summed E-state index contributed by atoms with van der Waals surface area (Å²) in [7, 11) is 1.29. The van der Waals surface area contributed by atoms with Gasteiger partial charge in [0.15, 0.2) is 6.61 Å². The van der Waals surface area contributed by atoms with Gasteiger partial charge in [0.25, 0.3) is 11.6 Å². The molecule has 2 aromatic carbocycles. The number of hydrogen-bond acceptors (Lipinski definition) is 7. The minimum atomic E-state index is -0.805. The molecule has 0 aliphatic carbocycles. The van der Waals surface area contributed by atoms with Crippen molar-refractivity contribution in [1.82, 2.24) is 5.32 Å². The quantitative estimate of drug-likeness (QED) is 0.313. The molecule has 0 aromatic heterocycles. The van der Waals surface area contributed by atoms with Crippen molar-refractivity contribution in [3.05, 3.63) is 81.4 Å². The number of hydrogen-bond donors (Lipinski definition) is 1. The van der Waals surface area contributed by atoms with Gasteiger partial charge < -0.3 is 14.8 Å². The highest BCUT2D eigenvalue weighted by Gasteiger charge is 2.11. The predicted molar refractivity (Wildman–Crippen MR) is 103 cm³/mol. The SMILES string of the molecule is COC(=O)c1ccc(CNC(=O)COC(=O)/C=C/c2ccccc2[N+](=O)[O-])cc1. The van der Waals surface area contributed by atoms with Crippen LogP contribution in [0.2, 0.25) is 0 Å². The third-order valence-corrected chi connectivity index (χ3v) is 3.74. The Balaban J connectivity index is 1.79. The molecule has 0 aliphatic rings. The van der Waals surface area contributed by atoms with E-state index in [0.29, 0.717) is 5.56 Å². The van der Waals surface area contributed by atoms with Crippen LogP contribution >= 0.6 is 0 Å². The minimum absolute atomic E-state index is 0.146. The summed E-state index contributed by atoms with van der Waals surface area (Å²) < 4.78 is 9.41. The van der Waals surface area contributed by atoms with Crippen LogP contribution < -0.4 is 5.32 Å². The fourth-order valence-corrected chi connectivity index (χ4v) is 2.27. The summed E-state index contributed by atoms with van der Waals surface area (Å²) in [5, 5.41) is 13.5. The van der Waals surface area contributed by atoms with Crippen LogP contribution in [0, 0.1) is 10.1 Å². The molecule has 0 radical (unpaired) electrons. The van der Waals surface area contributed by atoms with Crippen LogP contribution in [0.15, 0.2) is 54.6 Å². The van der Waals surface area contributed by atoms with E-state index in [4.69, 9.17) is 4.74 Å². The monoisotopic (exact) mass is 398 g/mol. The molecule has 1 amide bonds. The fourth-order valence-electron chi connectivity index (χ4n) is 2.27. The molecule has 0 saturated heterocycles. The molecule has 0 spiro atoms. The van der Waals surface area contributed by atoms with E-state index in [1.54, 1.807) is 30.3 Å². The maximum atomic E-state index is 11.8. The smallest absolute Gasteiger partial charge is 0.337 e. The molecule has 150 valence electrons. The average Bonchev–Trinajstić information content (AvgIpc) is 2.74. The number of nitro groups is 1. The van der Waals surface area contributed by atoms with Crippen molar-refractivity contribution in [2.45, 2.75) is 6.54 Å². The lowest BCUT2D eigenvalue weighted by atomic mass is 10.1. The molecule has 9 nitrogen and oxygen atoms in total. The number of carbonyl (C=O) groups excluding carboxylic acids is 3.